The summed E-state index contributed by atoms with van der Waals surface area (Å²) in [5.41, 5.74) is 5.54. The summed E-state index contributed by atoms with van der Waals surface area (Å²) in [7, 11) is 0. The van der Waals surface area contributed by atoms with Crippen molar-refractivity contribution in [1.29, 1.82) is 0 Å². The Kier molecular flexibility index (Phi) is 4.09. The number of carbonyl (C=O) groups excluding carboxylic acids is 1. The van der Waals surface area contributed by atoms with Crippen LogP contribution >= 0.6 is 0 Å². The van der Waals surface area contributed by atoms with Crippen LogP contribution in [0.5, 0.6) is 0 Å². The van der Waals surface area contributed by atoms with Crippen molar-refractivity contribution in [2.24, 2.45) is 22.7 Å². The first-order chi connectivity index (χ1) is 8.65. The Bertz CT molecular complexity index is 337. The molecule has 0 spiro atoms. The number of oxime groups is 1. The molecule has 18 heavy (non-hydrogen) atoms. The van der Waals surface area contributed by atoms with E-state index in [1.807, 2.05) is 4.90 Å². The van der Waals surface area contributed by atoms with Gasteiger partial charge in [0.1, 0.15) is 0 Å². The fourth-order valence-electron chi connectivity index (χ4n) is 3.36. The van der Waals surface area contributed by atoms with E-state index >= 15 is 0 Å². The van der Waals surface area contributed by atoms with E-state index in [1.165, 1.54) is 25.7 Å². The molecule has 5 nitrogen and oxygen atoms in total. The van der Waals surface area contributed by atoms with E-state index in [0.717, 1.165) is 19.4 Å². The first kappa shape index (κ1) is 13.2. The van der Waals surface area contributed by atoms with Gasteiger partial charge in [-0.05, 0) is 38.5 Å². The van der Waals surface area contributed by atoms with Crippen molar-refractivity contribution in [2.45, 2.75) is 51.5 Å². The molecule has 2 fully saturated rings. The standard InChI is InChI=1S/C13H23N3O2/c1-9(12(14)15-18)13(17)16-8-4-7-11(16)10-5-2-3-6-10/h9-11,18H,2-8H2,1H3,(H2,14,15). The zero-order chi connectivity index (χ0) is 13.1. The van der Waals surface area contributed by atoms with Gasteiger partial charge >= 0.3 is 0 Å². The van der Waals surface area contributed by atoms with Crippen molar-refractivity contribution in [3.63, 3.8) is 0 Å². The van der Waals surface area contributed by atoms with Crippen LogP contribution in [0.25, 0.3) is 0 Å². The number of carbonyl (C=O) groups is 1. The van der Waals surface area contributed by atoms with Crippen LogP contribution in [0.2, 0.25) is 0 Å². The van der Waals surface area contributed by atoms with Crippen molar-refractivity contribution in [3.8, 4) is 0 Å². The lowest BCUT2D eigenvalue weighted by Crippen LogP contribution is -2.45. The number of likely N-dealkylation sites (tertiary alicyclic amines) is 1. The van der Waals surface area contributed by atoms with Gasteiger partial charge in [0.25, 0.3) is 0 Å². The molecule has 0 bridgehead atoms. The molecule has 2 aliphatic rings. The van der Waals surface area contributed by atoms with Gasteiger partial charge in [-0.2, -0.15) is 0 Å². The van der Waals surface area contributed by atoms with Gasteiger partial charge in [0.2, 0.25) is 5.91 Å². The molecule has 2 rings (SSSR count). The lowest BCUT2D eigenvalue weighted by molar-refractivity contribution is -0.134. The predicted molar refractivity (Wildman–Crippen MR) is 69.3 cm³/mol. The summed E-state index contributed by atoms with van der Waals surface area (Å²) in [5.74, 6) is 0.171. The van der Waals surface area contributed by atoms with E-state index in [4.69, 9.17) is 10.9 Å². The lowest BCUT2D eigenvalue weighted by Gasteiger charge is -2.31. The van der Waals surface area contributed by atoms with Crippen LogP contribution in [-0.4, -0.2) is 34.4 Å². The topological polar surface area (TPSA) is 78.9 Å². The summed E-state index contributed by atoms with van der Waals surface area (Å²) in [6.45, 7) is 2.53. The van der Waals surface area contributed by atoms with Crippen LogP contribution in [-0.2, 0) is 4.79 Å². The highest BCUT2D eigenvalue weighted by atomic mass is 16.4. The number of nitrogens with two attached hydrogens (primary N) is 1. The average molecular weight is 253 g/mol. The zero-order valence-electron chi connectivity index (χ0n) is 11.0. The van der Waals surface area contributed by atoms with E-state index in [0.29, 0.717) is 12.0 Å². The summed E-state index contributed by atoms with van der Waals surface area (Å²) in [5, 5.41) is 11.6. The van der Waals surface area contributed by atoms with Gasteiger partial charge in [-0.1, -0.05) is 18.0 Å². The van der Waals surface area contributed by atoms with Gasteiger partial charge in [-0.3, -0.25) is 4.79 Å². The first-order valence-corrected chi connectivity index (χ1v) is 6.93. The minimum atomic E-state index is -0.517. The number of rotatable bonds is 3. The molecule has 1 saturated heterocycles. The fraction of sp³-hybridized carbons (Fsp3) is 0.846. The van der Waals surface area contributed by atoms with Gasteiger partial charge < -0.3 is 15.8 Å². The first-order valence-electron chi connectivity index (χ1n) is 6.93. The molecule has 0 aromatic rings. The maximum Gasteiger partial charge on any atom is 0.233 e. The van der Waals surface area contributed by atoms with Gasteiger partial charge in [0.15, 0.2) is 5.84 Å². The molecule has 1 aliphatic heterocycles. The molecule has 0 radical (unpaired) electrons. The van der Waals surface area contributed by atoms with E-state index in [9.17, 15) is 4.79 Å². The summed E-state index contributed by atoms with van der Waals surface area (Å²) < 4.78 is 0. The van der Waals surface area contributed by atoms with Crippen LogP contribution in [0.3, 0.4) is 0 Å². The van der Waals surface area contributed by atoms with Crippen LogP contribution in [0.1, 0.15) is 45.4 Å². The number of nitrogens with zero attached hydrogens (tertiary/aromatic N) is 2. The SMILES string of the molecule is CC(C(=O)N1CCCC1C1CCCC1)C(N)=NO. The Balaban J connectivity index is 2.04. The fourth-order valence-corrected chi connectivity index (χ4v) is 3.36. The molecular weight excluding hydrogens is 230 g/mol. The summed E-state index contributed by atoms with van der Waals surface area (Å²) in [4.78, 5) is 14.3. The highest BCUT2D eigenvalue weighted by molar-refractivity contribution is 6.01. The Morgan fingerprint density at radius 3 is 2.61 bits per heavy atom. The summed E-state index contributed by atoms with van der Waals surface area (Å²) in [6, 6.07) is 0.383. The van der Waals surface area contributed by atoms with E-state index < -0.39 is 5.92 Å². The maximum atomic E-state index is 12.4. The highest BCUT2D eigenvalue weighted by Crippen LogP contribution is 2.35. The molecule has 1 aliphatic carbocycles. The predicted octanol–water partition coefficient (Wildman–Crippen LogP) is 1.55. The van der Waals surface area contributed by atoms with Crippen LogP contribution in [0.4, 0.5) is 0 Å². The number of amidine groups is 1. The monoisotopic (exact) mass is 253 g/mol. The molecule has 1 heterocycles. The summed E-state index contributed by atoms with van der Waals surface area (Å²) >= 11 is 0. The van der Waals surface area contributed by atoms with E-state index in [1.54, 1.807) is 6.92 Å². The van der Waals surface area contributed by atoms with E-state index in [2.05, 4.69) is 5.16 Å². The van der Waals surface area contributed by atoms with Crippen molar-refractivity contribution in [2.75, 3.05) is 6.54 Å². The van der Waals surface area contributed by atoms with E-state index in [-0.39, 0.29) is 11.7 Å². The van der Waals surface area contributed by atoms with Crippen molar-refractivity contribution in [1.82, 2.24) is 4.90 Å². The van der Waals surface area contributed by atoms with Crippen LogP contribution in [0.15, 0.2) is 5.16 Å². The summed E-state index contributed by atoms with van der Waals surface area (Å²) in [6.07, 6.45) is 7.26. The van der Waals surface area contributed by atoms with Crippen molar-refractivity contribution < 1.29 is 10.0 Å². The lowest BCUT2D eigenvalue weighted by atomic mass is 9.95. The zero-order valence-corrected chi connectivity index (χ0v) is 11.0. The molecule has 0 aromatic carbocycles. The third-order valence-corrected chi connectivity index (χ3v) is 4.46. The second-order valence-corrected chi connectivity index (χ2v) is 5.53. The Morgan fingerprint density at radius 2 is 2.00 bits per heavy atom. The Hall–Kier alpha value is -1.26. The highest BCUT2D eigenvalue weighted by Gasteiger charge is 2.37. The number of hydrogen-bond acceptors (Lipinski definition) is 3. The molecule has 3 N–H and O–H groups in total. The quantitative estimate of drug-likeness (QED) is 0.346. The maximum absolute atomic E-state index is 12.4. The molecule has 2 atom stereocenters. The van der Waals surface area contributed by atoms with Crippen molar-refractivity contribution in [3.05, 3.63) is 0 Å². The van der Waals surface area contributed by atoms with Crippen molar-refractivity contribution >= 4 is 11.7 Å². The van der Waals surface area contributed by atoms with Crippen LogP contribution < -0.4 is 5.73 Å². The molecule has 102 valence electrons. The Morgan fingerprint density at radius 1 is 1.33 bits per heavy atom. The molecular formula is C13H23N3O2. The van der Waals surface area contributed by atoms with Gasteiger partial charge in [-0.15, -0.1) is 0 Å². The smallest absolute Gasteiger partial charge is 0.233 e. The van der Waals surface area contributed by atoms with Gasteiger partial charge in [0, 0.05) is 12.6 Å². The average Bonchev–Trinajstić information content (AvgIpc) is 3.05. The third-order valence-electron chi connectivity index (χ3n) is 4.46. The minimum Gasteiger partial charge on any atom is -0.409 e. The second kappa shape index (κ2) is 5.59. The molecule has 0 aromatic heterocycles. The number of hydrogen-bond donors (Lipinski definition) is 2. The van der Waals surface area contributed by atoms with Gasteiger partial charge in [0.05, 0.1) is 5.92 Å². The van der Waals surface area contributed by atoms with Crippen LogP contribution in [0, 0.1) is 11.8 Å². The Labute approximate surface area is 108 Å². The largest absolute Gasteiger partial charge is 0.409 e. The minimum absolute atomic E-state index is 0.0112. The molecule has 1 saturated carbocycles. The molecule has 1 amide bonds. The second-order valence-electron chi connectivity index (χ2n) is 5.53. The third kappa shape index (κ3) is 2.44. The normalized spacial score (nSPS) is 27.7. The molecule has 2 unspecified atom stereocenters. The number of amides is 1. The van der Waals surface area contributed by atoms with Gasteiger partial charge in [-0.25, -0.2) is 0 Å². The molecule has 5 heteroatoms.